The Morgan fingerprint density at radius 2 is 2.04 bits per heavy atom. The van der Waals surface area contributed by atoms with Crippen LogP contribution in [-0.2, 0) is 25.8 Å². The smallest absolute Gasteiger partial charge is 0.315 e. The Morgan fingerprint density at radius 3 is 2.83 bits per heavy atom. The third-order valence-corrected chi connectivity index (χ3v) is 4.69. The van der Waals surface area contributed by atoms with E-state index in [0.717, 1.165) is 36.3 Å². The van der Waals surface area contributed by atoms with Gasteiger partial charge in [-0.25, -0.2) is 4.79 Å². The lowest BCUT2D eigenvalue weighted by molar-refractivity contribution is 0.240. The zero-order valence-corrected chi connectivity index (χ0v) is 14.4. The summed E-state index contributed by atoms with van der Waals surface area (Å²) < 4.78 is 5.14. The van der Waals surface area contributed by atoms with Crippen molar-refractivity contribution in [3.63, 3.8) is 0 Å². The molecule has 0 saturated carbocycles. The number of aryl methyl sites for hydroxylation is 4. The number of hydrogen-bond donors (Lipinski definition) is 2. The molecule has 1 heterocycles. The summed E-state index contributed by atoms with van der Waals surface area (Å²) in [7, 11) is 0. The molecule has 0 bridgehead atoms. The van der Waals surface area contributed by atoms with Crippen LogP contribution in [0.25, 0.3) is 0 Å². The summed E-state index contributed by atoms with van der Waals surface area (Å²) in [6.45, 7) is 5.08. The van der Waals surface area contributed by atoms with Crippen molar-refractivity contribution < 1.29 is 9.32 Å². The number of amides is 2. The van der Waals surface area contributed by atoms with E-state index in [-0.39, 0.29) is 6.03 Å². The van der Waals surface area contributed by atoms with E-state index in [4.69, 9.17) is 4.52 Å². The van der Waals surface area contributed by atoms with Crippen LogP contribution in [0.3, 0.4) is 0 Å². The molecule has 0 saturated heterocycles. The maximum Gasteiger partial charge on any atom is 0.315 e. The maximum atomic E-state index is 11.9. The number of carbonyl (C=O) groups excluding carboxylic acids is 1. The number of benzene rings is 1. The fraction of sp³-hybridized carbons (Fsp3) is 0.474. The molecule has 0 radical (unpaired) electrons. The van der Waals surface area contributed by atoms with Gasteiger partial charge in [0.25, 0.3) is 0 Å². The highest BCUT2D eigenvalue weighted by Crippen LogP contribution is 2.22. The molecule has 1 aliphatic carbocycles. The molecule has 2 aromatic rings. The van der Waals surface area contributed by atoms with Crippen molar-refractivity contribution in [2.45, 2.75) is 52.5 Å². The first-order chi connectivity index (χ1) is 11.6. The second-order valence-electron chi connectivity index (χ2n) is 6.47. The zero-order valence-electron chi connectivity index (χ0n) is 14.4. The average molecular weight is 327 g/mol. The lowest BCUT2D eigenvalue weighted by atomic mass is 10.1. The van der Waals surface area contributed by atoms with E-state index in [9.17, 15) is 4.79 Å². The standard InChI is InChI=1S/C19H25N3O2/c1-13-18(14(2)24-22-13)7-4-10-20-19(23)21-12-15-8-9-16-5-3-6-17(16)11-15/h8-9,11H,3-7,10,12H2,1-2H3,(H2,20,21,23). The van der Waals surface area contributed by atoms with Crippen LogP contribution in [0.2, 0.25) is 0 Å². The molecule has 2 amide bonds. The van der Waals surface area contributed by atoms with Crippen molar-refractivity contribution in [3.05, 3.63) is 51.9 Å². The van der Waals surface area contributed by atoms with Gasteiger partial charge in [0, 0.05) is 18.7 Å². The van der Waals surface area contributed by atoms with Gasteiger partial charge in [-0.05, 0) is 62.6 Å². The van der Waals surface area contributed by atoms with Crippen LogP contribution in [0.15, 0.2) is 22.7 Å². The number of urea groups is 1. The van der Waals surface area contributed by atoms with Gasteiger partial charge in [-0.3, -0.25) is 0 Å². The number of carbonyl (C=O) groups is 1. The van der Waals surface area contributed by atoms with Crippen LogP contribution in [0.5, 0.6) is 0 Å². The van der Waals surface area contributed by atoms with Crippen LogP contribution < -0.4 is 10.6 Å². The van der Waals surface area contributed by atoms with E-state index in [1.807, 2.05) is 13.8 Å². The van der Waals surface area contributed by atoms with Crippen molar-refractivity contribution in [1.82, 2.24) is 15.8 Å². The van der Waals surface area contributed by atoms with Gasteiger partial charge in [0.2, 0.25) is 0 Å². The van der Waals surface area contributed by atoms with E-state index >= 15 is 0 Å². The van der Waals surface area contributed by atoms with E-state index in [1.165, 1.54) is 29.5 Å². The molecule has 0 spiro atoms. The third-order valence-electron chi connectivity index (χ3n) is 4.69. The van der Waals surface area contributed by atoms with Gasteiger partial charge in [0.15, 0.2) is 0 Å². The van der Waals surface area contributed by atoms with Crippen LogP contribution in [0, 0.1) is 13.8 Å². The highest BCUT2D eigenvalue weighted by molar-refractivity contribution is 5.73. The number of nitrogens with one attached hydrogen (secondary N) is 2. The van der Waals surface area contributed by atoms with E-state index < -0.39 is 0 Å². The molecular weight excluding hydrogens is 302 g/mol. The normalized spacial score (nSPS) is 12.9. The van der Waals surface area contributed by atoms with Crippen LogP contribution >= 0.6 is 0 Å². The van der Waals surface area contributed by atoms with E-state index in [1.54, 1.807) is 0 Å². The van der Waals surface area contributed by atoms with Gasteiger partial charge in [0.1, 0.15) is 5.76 Å². The lowest BCUT2D eigenvalue weighted by Crippen LogP contribution is -2.35. The number of rotatable bonds is 6. The quantitative estimate of drug-likeness (QED) is 0.801. The molecule has 3 rings (SSSR count). The molecule has 1 aliphatic rings. The molecule has 5 nitrogen and oxygen atoms in total. The van der Waals surface area contributed by atoms with Gasteiger partial charge >= 0.3 is 6.03 Å². The SMILES string of the molecule is Cc1noc(C)c1CCCNC(=O)NCc1ccc2c(c1)CCC2. The zero-order chi connectivity index (χ0) is 16.9. The minimum absolute atomic E-state index is 0.116. The Bertz CT molecular complexity index is 702. The topological polar surface area (TPSA) is 67.2 Å². The molecule has 2 N–H and O–H groups in total. The van der Waals surface area contributed by atoms with Gasteiger partial charge < -0.3 is 15.2 Å². The second-order valence-corrected chi connectivity index (χ2v) is 6.47. The average Bonchev–Trinajstić information content (AvgIpc) is 3.16. The maximum absolute atomic E-state index is 11.9. The summed E-state index contributed by atoms with van der Waals surface area (Å²) in [5, 5.41) is 9.77. The molecule has 0 unspecified atom stereocenters. The van der Waals surface area contributed by atoms with Gasteiger partial charge in [0.05, 0.1) is 5.69 Å². The number of hydrogen-bond acceptors (Lipinski definition) is 3. The van der Waals surface area contributed by atoms with Crippen molar-refractivity contribution in [1.29, 1.82) is 0 Å². The molecular formula is C19H25N3O2. The van der Waals surface area contributed by atoms with Crippen LogP contribution in [-0.4, -0.2) is 17.7 Å². The molecule has 1 aromatic heterocycles. The van der Waals surface area contributed by atoms with Gasteiger partial charge in [-0.2, -0.15) is 0 Å². The summed E-state index contributed by atoms with van der Waals surface area (Å²) >= 11 is 0. The first-order valence-electron chi connectivity index (χ1n) is 8.67. The molecule has 5 heteroatoms. The van der Waals surface area contributed by atoms with Crippen molar-refractivity contribution in [2.24, 2.45) is 0 Å². The highest BCUT2D eigenvalue weighted by Gasteiger charge is 2.11. The Balaban J connectivity index is 1.37. The fourth-order valence-corrected chi connectivity index (χ4v) is 3.31. The molecule has 0 atom stereocenters. The van der Waals surface area contributed by atoms with Gasteiger partial charge in [-0.15, -0.1) is 0 Å². The number of aromatic nitrogens is 1. The number of nitrogens with zero attached hydrogens (tertiary/aromatic N) is 1. The largest absolute Gasteiger partial charge is 0.361 e. The molecule has 128 valence electrons. The highest BCUT2D eigenvalue weighted by atomic mass is 16.5. The monoisotopic (exact) mass is 327 g/mol. The van der Waals surface area contributed by atoms with Crippen molar-refractivity contribution in [3.8, 4) is 0 Å². The summed E-state index contributed by atoms with van der Waals surface area (Å²) in [6.07, 6.45) is 5.34. The molecule has 0 aliphatic heterocycles. The number of fused-ring (bicyclic) bond motifs is 1. The first-order valence-corrected chi connectivity index (χ1v) is 8.67. The van der Waals surface area contributed by atoms with Crippen LogP contribution in [0.4, 0.5) is 4.79 Å². The van der Waals surface area contributed by atoms with E-state index in [2.05, 4.69) is 34.0 Å². The second kappa shape index (κ2) is 7.51. The Kier molecular flexibility index (Phi) is 5.18. The Labute approximate surface area is 142 Å². The Hall–Kier alpha value is -2.30. The fourth-order valence-electron chi connectivity index (χ4n) is 3.31. The van der Waals surface area contributed by atoms with Crippen molar-refractivity contribution >= 4 is 6.03 Å². The summed E-state index contributed by atoms with van der Waals surface area (Å²) in [6, 6.07) is 6.41. The van der Waals surface area contributed by atoms with E-state index in [0.29, 0.717) is 13.1 Å². The summed E-state index contributed by atoms with van der Waals surface area (Å²) in [5.74, 6) is 0.869. The minimum Gasteiger partial charge on any atom is -0.361 e. The lowest BCUT2D eigenvalue weighted by Gasteiger charge is -2.09. The summed E-state index contributed by atoms with van der Waals surface area (Å²) in [5.41, 5.74) is 6.15. The van der Waals surface area contributed by atoms with Gasteiger partial charge in [-0.1, -0.05) is 23.4 Å². The minimum atomic E-state index is -0.116. The summed E-state index contributed by atoms with van der Waals surface area (Å²) in [4.78, 5) is 11.9. The predicted octanol–water partition coefficient (Wildman–Crippen LogP) is 3.21. The molecule has 24 heavy (non-hydrogen) atoms. The molecule has 1 aromatic carbocycles. The Morgan fingerprint density at radius 1 is 1.21 bits per heavy atom. The van der Waals surface area contributed by atoms with Crippen molar-refractivity contribution in [2.75, 3.05) is 6.54 Å². The van der Waals surface area contributed by atoms with Crippen LogP contribution in [0.1, 0.15) is 46.5 Å². The molecule has 0 fully saturated rings. The first kappa shape index (κ1) is 16.6. The third kappa shape index (κ3) is 3.96. The predicted molar refractivity (Wildman–Crippen MR) is 93.0 cm³/mol.